The fourth-order valence-corrected chi connectivity index (χ4v) is 2.31. The van der Waals surface area contributed by atoms with Gasteiger partial charge < -0.3 is 5.32 Å². The van der Waals surface area contributed by atoms with E-state index in [1.54, 1.807) is 0 Å². The topological polar surface area (TPSA) is 42.7 Å². The Morgan fingerprint density at radius 3 is 2.76 bits per heavy atom. The minimum absolute atomic E-state index is 0.313. The van der Waals surface area contributed by atoms with Gasteiger partial charge in [0.2, 0.25) is 5.95 Å². The molecule has 1 unspecified atom stereocenters. The molecular weight excluding hydrogens is 212 g/mol. The second-order valence-corrected chi connectivity index (χ2v) is 4.57. The molecule has 0 fully saturated rings. The highest BCUT2D eigenvalue weighted by molar-refractivity contribution is 5.33. The van der Waals surface area contributed by atoms with Gasteiger partial charge in [-0.2, -0.15) is 10.1 Å². The molecule has 17 heavy (non-hydrogen) atoms. The van der Waals surface area contributed by atoms with Gasteiger partial charge >= 0.3 is 0 Å². The summed E-state index contributed by atoms with van der Waals surface area (Å²) in [4.78, 5) is 4.39. The summed E-state index contributed by atoms with van der Waals surface area (Å²) < 4.78 is 2.00. The number of aromatic nitrogens is 3. The number of nitrogens with one attached hydrogen (secondary N) is 1. The van der Waals surface area contributed by atoms with E-state index in [0.29, 0.717) is 6.04 Å². The van der Waals surface area contributed by atoms with Crippen molar-refractivity contribution in [2.45, 2.75) is 26.3 Å². The maximum atomic E-state index is 4.47. The van der Waals surface area contributed by atoms with Crippen LogP contribution in [0, 0.1) is 13.8 Å². The van der Waals surface area contributed by atoms with Crippen LogP contribution >= 0.6 is 0 Å². The highest BCUT2D eigenvalue weighted by atomic mass is 15.4. The molecule has 2 heterocycles. The van der Waals surface area contributed by atoms with Gasteiger partial charge in [0, 0.05) is 6.54 Å². The van der Waals surface area contributed by atoms with Crippen molar-refractivity contribution in [3.63, 3.8) is 0 Å². The van der Waals surface area contributed by atoms with Crippen LogP contribution in [-0.2, 0) is 0 Å². The van der Waals surface area contributed by atoms with E-state index in [0.717, 1.165) is 24.7 Å². The minimum Gasteiger partial charge on any atom is -0.354 e. The number of benzene rings is 1. The van der Waals surface area contributed by atoms with E-state index in [9.17, 15) is 0 Å². The summed E-state index contributed by atoms with van der Waals surface area (Å²) in [7, 11) is 0. The maximum Gasteiger partial charge on any atom is 0.221 e. The number of rotatable bonds is 1. The molecule has 1 aliphatic rings. The third-order valence-electron chi connectivity index (χ3n) is 3.20. The lowest BCUT2D eigenvalue weighted by atomic mass is 10.0. The zero-order chi connectivity index (χ0) is 11.8. The predicted molar refractivity (Wildman–Crippen MR) is 67.2 cm³/mol. The standard InChI is InChI=1S/C13H16N4/c1-9-3-5-11(6-4-9)12-7-8-14-13-15-10(2)16-17(12)13/h3-6,12H,7-8H2,1-2H3,(H,14,15,16). The van der Waals surface area contributed by atoms with E-state index in [1.807, 2.05) is 11.6 Å². The zero-order valence-corrected chi connectivity index (χ0v) is 10.1. The van der Waals surface area contributed by atoms with E-state index in [2.05, 4.69) is 46.6 Å². The molecule has 0 saturated heterocycles. The van der Waals surface area contributed by atoms with Crippen molar-refractivity contribution in [2.75, 3.05) is 11.9 Å². The minimum atomic E-state index is 0.313. The van der Waals surface area contributed by atoms with Gasteiger partial charge in [-0.15, -0.1) is 0 Å². The van der Waals surface area contributed by atoms with Crippen LogP contribution in [0.2, 0.25) is 0 Å². The van der Waals surface area contributed by atoms with Gasteiger partial charge in [-0.05, 0) is 25.8 Å². The molecule has 0 radical (unpaired) electrons. The first-order valence-corrected chi connectivity index (χ1v) is 5.97. The van der Waals surface area contributed by atoms with Crippen LogP contribution in [0.4, 0.5) is 5.95 Å². The fourth-order valence-electron chi connectivity index (χ4n) is 2.31. The van der Waals surface area contributed by atoms with Gasteiger partial charge in [0.05, 0.1) is 6.04 Å². The average molecular weight is 228 g/mol. The molecule has 0 amide bonds. The quantitative estimate of drug-likeness (QED) is 0.814. The van der Waals surface area contributed by atoms with Crippen molar-refractivity contribution in [1.29, 1.82) is 0 Å². The van der Waals surface area contributed by atoms with Gasteiger partial charge in [-0.3, -0.25) is 0 Å². The lowest BCUT2D eigenvalue weighted by Gasteiger charge is -2.24. The second kappa shape index (κ2) is 3.87. The first kappa shape index (κ1) is 10.3. The largest absolute Gasteiger partial charge is 0.354 e. The van der Waals surface area contributed by atoms with E-state index < -0.39 is 0 Å². The van der Waals surface area contributed by atoms with Crippen LogP contribution in [0.3, 0.4) is 0 Å². The van der Waals surface area contributed by atoms with E-state index >= 15 is 0 Å². The Kier molecular flexibility index (Phi) is 2.35. The molecule has 3 rings (SSSR count). The molecular formula is C13H16N4. The van der Waals surface area contributed by atoms with Crippen LogP contribution in [-0.4, -0.2) is 21.3 Å². The number of nitrogens with zero attached hydrogens (tertiary/aromatic N) is 3. The SMILES string of the molecule is Cc1ccc(C2CCNc3nc(C)nn32)cc1. The number of fused-ring (bicyclic) bond motifs is 1. The number of anilines is 1. The van der Waals surface area contributed by atoms with Crippen molar-refractivity contribution in [2.24, 2.45) is 0 Å². The Morgan fingerprint density at radius 1 is 1.24 bits per heavy atom. The van der Waals surface area contributed by atoms with Crippen molar-refractivity contribution in [3.8, 4) is 0 Å². The van der Waals surface area contributed by atoms with E-state index in [1.165, 1.54) is 11.1 Å². The van der Waals surface area contributed by atoms with Gasteiger partial charge in [-0.1, -0.05) is 29.8 Å². The summed E-state index contributed by atoms with van der Waals surface area (Å²) in [6.45, 7) is 4.99. The normalized spacial score (nSPS) is 18.6. The maximum absolute atomic E-state index is 4.47. The predicted octanol–water partition coefficient (Wildman–Crippen LogP) is 2.30. The Morgan fingerprint density at radius 2 is 2.00 bits per heavy atom. The number of hydrogen-bond donors (Lipinski definition) is 1. The zero-order valence-electron chi connectivity index (χ0n) is 10.1. The molecule has 0 aliphatic carbocycles. The highest BCUT2D eigenvalue weighted by Gasteiger charge is 2.23. The molecule has 2 aromatic rings. The summed E-state index contributed by atoms with van der Waals surface area (Å²) in [5.74, 6) is 1.71. The first-order valence-electron chi connectivity index (χ1n) is 5.97. The third kappa shape index (κ3) is 1.79. The Hall–Kier alpha value is -1.84. The van der Waals surface area contributed by atoms with Crippen LogP contribution in [0.1, 0.15) is 29.4 Å². The Bertz CT molecular complexity index is 527. The lowest BCUT2D eigenvalue weighted by molar-refractivity contribution is 0.478. The molecule has 1 aromatic heterocycles. The summed E-state index contributed by atoms with van der Waals surface area (Å²) in [6.07, 6.45) is 1.05. The molecule has 4 heteroatoms. The molecule has 1 N–H and O–H groups in total. The Balaban J connectivity index is 2.02. The van der Waals surface area contributed by atoms with Crippen molar-refractivity contribution >= 4 is 5.95 Å². The fraction of sp³-hybridized carbons (Fsp3) is 0.385. The van der Waals surface area contributed by atoms with Gasteiger partial charge in [-0.25, -0.2) is 4.68 Å². The number of aryl methyl sites for hydroxylation is 2. The molecule has 0 saturated carbocycles. The molecule has 1 aliphatic heterocycles. The van der Waals surface area contributed by atoms with Crippen molar-refractivity contribution in [1.82, 2.24) is 14.8 Å². The lowest BCUT2D eigenvalue weighted by Crippen LogP contribution is -2.24. The molecule has 1 aromatic carbocycles. The molecule has 4 nitrogen and oxygen atoms in total. The molecule has 88 valence electrons. The molecule has 1 atom stereocenters. The molecule has 0 bridgehead atoms. The van der Waals surface area contributed by atoms with Crippen molar-refractivity contribution < 1.29 is 0 Å². The number of hydrogen-bond acceptors (Lipinski definition) is 3. The smallest absolute Gasteiger partial charge is 0.221 e. The third-order valence-corrected chi connectivity index (χ3v) is 3.20. The van der Waals surface area contributed by atoms with Crippen LogP contribution in [0.25, 0.3) is 0 Å². The monoisotopic (exact) mass is 228 g/mol. The summed E-state index contributed by atoms with van der Waals surface area (Å²) in [6, 6.07) is 8.99. The summed E-state index contributed by atoms with van der Waals surface area (Å²) >= 11 is 0. The van der Waals surface area contributed by atoms with Crippen LogP contribution < -0.4 is 5.32 Å². The average Bonchev–Trinajstić information content (AvgIpc) is 2.70. The van der Waals surface area contributed by atoms with E-state index in [4.69, 9.17) is 0 Å². The van der Waals surface area contributed by atoms with Crippen molar-refractivity contribution in [3.05, 3.63) is 41.2 Å². The van der Waals surface area contributed by atoms with E-state index in [-0.39, 0.29) is 0 Å². The van der Waals surface area contributed by atoms with Gasteiger partial charge in [0.1, 0.15) is 5.82 Å². The molecule has 0 spiro atoms. The van der Waals surface area contributed by atoms with Gasteiger partial charge in [0.15, 0.2) is 0 Å². The summed E-state index contributed by atoms with van der Waals surface area (Å²) in [5, 5.41) is 7.76. The Labute approximate surface area is 101 Å². The first-order chi connectivity index (χ1) is 8.24. The van der Waals surface area contributed by atoms with Gasteiger partial charge in [0.25, 0.3) is 0 Å². The van der Waals surface area contributed by atoms with Crippen LogP contribution in [0.5, 0.6) is 0 Å². The van der Waals surface area contributed by atoms with Crippen LogP contribution in [0.15, 0.2) is 24.3 Å². The highest BCUT2D eigenvalue weighted by Crippen LogP contribution is 2.28. The summed E-state index contributed by atoms with van der Waals surface area (Å²) in [5.41, 5.74) is 2.60. The second-order valence-electron chi connectivity index (χ2n) is 4.57.